The Morgan fingerprint density at radius 2 is 1.95 bits per heavy atom. The number of aromatic nitrogens is 2. The number of ether oxygens (including phenoxy) is 1. The molecule has 0 spiro atoms. The van der Waals surface area contributed by atoms with Gasteiger partial charge in [-0.15, -0.1) is 0 Å². The molecule has 0 atom stereocenters. The summed E-state index contributed by atoms with van der Waals surface area (Å²) in [4.78, 5) is 28.6. The normalized spacial score (nSPS) is 10.5. The van der Waals surface area contributed by atoms with E-state index in [4.69, 9.17) is 4.74 Å². The molecule has 0 fully saturated rings. The quantitative estimate of drug-likeness (QED) is 0.807. The summed E-state index contributed by atoms with van der Waals surface area (Å²) in [7, 11) is 1.43. The molecule has 0 aliphatic rings. The Labute approximate surface area is 123 Å². The SMILES string of the molecule is COc1nc(C)cc(=O)n1CC(=O)c1cc(C)ccc1C. The fraction of sp³-hybridized carbons (Fsp3) is 0.312. The van der Waals surface area contributed by atoms with Gasteiger partial charge in [0.1, 0.15) is 0 Å². The molecule has 1 aromatic carbocycles. The third-order valence-corrected chi connectivity index (χ3v) is 3.28. The molecule has 1 aromatic heterocycles. The van der Waals surface area contributed by atoms with Crippen LogP contribution in [0.3, 0.4) is 0 Å². The maximum Gasteiger partial charge on any atom is 0.299 e. The van der Waals surface area contributed by atoms with E-state index in [0.717, 1.165) is 11.1 Å². The lowest BCUT2D eigenvalue weighted by molar-refractivity contribution is 0.0965. The summed E-state index contributed by atoms with van der Waals surface area (Å²) >= 11 is 0. The molecule has 5 heteroatoms. The summed E-state index contributed by atoms with van der Waals surface area (Å²) in [5, 5.41) is 0. The predicted molar refractivity (Wildman–Crippen MR) is 80.0 cm³/mol. The van der Waals surface area contributed by atoms with Crippen molar-refractivity contribution in [1.29, 1.82) is 0 Å². The van der Waals surface area contributed by atoms with Gasteiger partial charge in [-0.05, 0) is 32.4 Å². The number of aryl methyl sites for hydroxylation is 3. The molecule has 21 heavy (non-hydrogen) atoms. The molecule has 0 radical (unpaired) electrons. The topological polar surface area (TPSA) is 61.2 Å². The van der Waals surface area contributed by atoms with Crippen LogP contribution in [0.5, 0.6) is 6.01 Å². The van der Waals surface area contributed by atoms with E-state index in [0.29, 0.717) is 11.3 Å². The van der Waals surface area contributed by atoms with Crippen LogP contribution in [0.2, 0.25) is 0 Å². The fourth-order valence-electron chi connectivity index (χ4n) is 2.16. The van der Waals surface area contributed by atoms with Crippen molar-refractivity contribution in [2.45, 2.75) is 27.3 Å². The van der Waals surface area contributed by atoms with Crippen molar-refractivity contribution in [3.8, 4) is 6.01 Å². The van der Waals surface area contributed by atoms with Crippen LogP contribution in [0.15, 0.2) is 29.1 Å². The first kappa shape index (κ1) is 15.0. The molecule has 0 amide bonds. The summed E-state index contributed by atoms with van der Waals surface area (Å²) in [6.07, 6.45) is 0. The smallest absolute Gasteiger partial charge is 0.299 e. The van der Waals surface area contributed by atoms with Crippen LogP contribution >= 0.6 is 0 Å². The molecular weight excluding hydrogens is 268 g/mol. The van der Waals surface area contributed by atoms with E-state index in [2.05, 4.69) is 4.98 Å². The van der Waals surface area contributed by atoms with Crippen molar-refractivity contribution in [2.24, 2.45) is 0 Å². The van der Waals surface area contributed by atoms with Gasteiger partial charge < -0.3 is 4.74 Å². The van der Waals surface area contributed by atoms with Crippen LogP contribution in [-0.4, -0.2) is 22.4 Å². The van der Waals surface area contributed by atoms with E-state index < -0.39 is 0 Å². The van der Waals surface area contributed by atoms with Gasteiger partial charge in [-0.1, -0.05) is 17.7 Å². The highest BCUT2D eigenvalue weighted by molar-refractivity contribution is 5.97. The fourth-order valence-corrected chi connectivity index (χ4v) is 2.16. The van der Waals surface area contributed by atoms with Gasteiger partial charge in [0.25, 0.3) is 11.6 Å². The molecule has 2 aromatic rings. The number of ketones is 1. The molecule has 5 nitrogen and oxygen atoms in total. The zero-order valence-electron chi connectivity index (χ0n) is 12.6. The van der Waals surface area contributed by atoms with E-state index in [1.807, 2.05) is 32.0 Å². The maximum atomic E-state index is 12.4. The Hall–Kier alpha value is -2.43. The van der Waals surface area contributed by atoms with Crippen LogP contribution in [0.25, 0.3) is 0 Å². The minimum Gasteiger partial charge on any atom is -0.468 e. The maximum absolute atomic E-state index is 12.4. The predicted octanol–water partition coefficient (Wildman–Crippen LogP) is 2.06. The third kappa shape index (κ3) is 3.18. The Morgan fingerprint density at radius 1 is 1.24 bits per heavy atom. The van der Waals surface area contributed by atoms with E-state index >= 15 is 0 Å². The lowest BCUT2D eigenvalue weighted by Crippen LogP contribution is -2.26. The van der Waals surface area contributed by atoms with Gasteiger partial charge >= 0.3 is 0 Å². The summed E-state index contributed by atoms with van der Waals surface area (Å²) in [6.45, 7) is 5.43. The van der Waals surface area contributed by atoms with Gasteiger partial charge in [-0.25, -0.2) is 4.98 Å². The zero-order valence-corrected chi connectivity index (χ0v) is 12.6. The third-order valence-electron chi connectivity index (χ3n) is 3.28. The van der Waals surface area contributed by atoms with Crippen LogP contribution in [-0.2, 0) is 6.54 Å². The highest BCUT2D eigenvalue weighted by Gasteiger charge is 2.15. The van der Waals surface area contributed by atoms with Gasteiger partial charge in [0.2, 0.25) is 0 Å². The first-order valence-corrected chi connectivity index (χ1v) is 6.65. The average Bonchev–Trinajstić information content (AvgIpc) is 2.43. The van der Waals surface area contributed by atoms with Crippen molar-refractivity contribution in [3.05, 3.63) is 57.0 Å². The number of hydrogen-bond donors (Lipinski definition) is 0. The van der Waals surface area contributed by atoms with E-state index in [-0.39, 0.29) is 23.9 Å². The van der Waals surface area contributed by atoms with Crippen molar-refractivity contribution >= 4 is 5.78 Å². The number of benzene rings is 1. The Morgan fingerprint density at radius 3 is 2.62 bits per heavy atom. The van der Waals surface area contributed by atoms with Crippen LogP contribution in [0.1, 0.15) is 27.2 Å². The van der Waals surface area contributed by atoms with Gasteiger partial charge in [0, 0.05) is 17.3 Å². The van der Waals surface area contributed by atoms with Gasteiger partial charge in [0.05, 0.1) is 13.7 Å². The summed E-state index contributed by atoms with van der Waals surface area (Å²) in [6, 6.07) is 7.22. The first-order chi connectivity index (χ1) is 9.92. The standard InChI is InChI=1S/C16H18N2O3/c1-10-5-6-11(2)13(7-10)14(19)9-18-15(20)8-12(3)17-16(18)21-4/h5-8H,9H2,1-4H3. The second-order valence-corrected chi connectivity index (χ2v) is 5.05. The Bertz CT molecular complexity index is 748. The van der Waals surface area contributed by atoms with Crippen molar-refractivity contribution in [2.75, 3.05) is 7.11 Å². The molecule has 2 rings (SSSR count). The van der Waals surface area contributed by atoms with Crippen LogP contribution < -0.4 is 10.3 Å². The lowest BCUT2D eigenvalue weighted by Gasteiger charge is -2.11. The number of nitrogens with zero attached hydrogens (tertiary/aromatic N) is 2. The molecule has 0 saturated heterocycles. The number of carbonyl (C=O) groups is 1. The average molecular weight is 286 g/mol. The van der Waals surface area contributed by atoms with Crippen molar-refractivity contribution in [3.63, 3.8) is 0 Å². The number of rotatable bonds is 4. The highest BCUT2D eigenvalue weighted by atomic mass is 16.5. The molecule has 0 N–H and O–H groups in total. The number of Topliss-reactive ketones (excluding diaryl/α,β-unsaturated/α-hetero) is 1. The van der Waals surface area contributed by atoms with E-state index in [1.54, 1.807) is 6.92 Å². The lowest BCUT2D eigenvalue weighted by atomic mass is 10.0. The highest BCUT2D eigenvalue weighted by Crippen LogP contribution is 2.13. The summed E-state index contributed by atoms with van der Waals surface area (Å²) < 4.78 is 6.34. The molecule has 0 saturated carbocycles. The zero-order chi connectivity index (χ0) is 15.6. The minimum absolute atomic E-state index is 0.0838. The molecular formula is C16H18N2O3. The Balaban J connectivity index is 2.40. The molecule has 0 aliphatic heterocycles. The second kappa shape index (κ2) is 5.91. The summed E-state index contributed by atoms with van der Waals surface area (Å²) in [5.74, 6) is -0.137. The van der Waals surface area contributed by atoms with Crippen molar-refractivity contribution < 1.29 is 9.53 Å². The van der Waals surface area contributed by atoms with Crippen molar-refractivity contribution in [1.82, 2.24) is 9.55 Å². The van der Waals surface area contributed by atoms with E-state index in [1.165, 1.54) is 17.7 Å². The number of methoxy groups -OCH3 is 1. The molecule has 0 aliphatic carbocycles. The largest absolute Gasteiger partial charge is 0.468 e. The number of hydrogen-bond acceptors (Lipinski definition) is 4. The van der Waals surface area contributed by atoms with Gasteiger partial charge in [-0.3, -0.25) is 14.2 Å². The summed E-state index contributed by atoms with van der Waals surface area (Å²) in [5.41, 5.74) is 2.78. The molecule has 110 valence electrons. The Kier molecular flexibility index (Phi) is 4.21. The number of carbonyl (C=O) groups excluding carboxylic acids is 1. The van der Waals surface area contributed by atoms with Crippen LogP contribution in [0, 0.1) is 20.8 Å². The first-order valence-electron chi connectivity index (χ1n) is 6.65. The second-order valence-electron chi connectivity index (χ2n) is 5.05. The van der Waals surface area contributed by atoms with E-state index in [9.17, 15) is 9.59 Å². The van der Waals surface area contributed by atoms with Gasteiger partial charge in [-0.2, -0.15) is 0 Å². The van der Waals surface area contributed by atoms with Gasteiger partial charge in [0.15, 0.2) is 5.78 Å². The minimum atomic E-state index is -0.294. The van der Waals surface area contributed by atoms with Crippen LogP contribution in [0.4, 0.5) is 0 Å². The molecule has 0 unspecified atom stereocenters. The molecule has 0 bridgehead atoms. The molecule has 1 heterocycles. The monoisotopic (exact) mass is 286 g/mol.